The van der Waals surface area contributed by atoms with Gasteiger partial charge in [0.15, 0.2) is 0 Å². The number of pyridine rings is 1. The Labute approximate surface area is 164 Å². The monoisotopic (exact) mass is 369 g/mol. The molecule has 4 heteroatoms. The molecule has 2 aromatic carbocycles. The van der Waals surface area contributed by atoms with Crippen LogP contribution in [0, 0.1) is 0 Å². The Hall–Kier alpha value is -3.14. The van der Waals surface area contributed by atoms with Gasteiger partial charge < -0.3 is 9.47 Å². The highest BCUT2D eigenvalue weighted by molar-refractivity contribution is 6.10. The van der Waals surface area contributed by atoms with Crippen molar-refractivity contribution in [3.8, 4) is 0 Å². The van der Waals surface area contributed by atoms with E-state index in [0.29, 0.717) is 0 Å². The Kier molecular flexibility index (Phi) is 4.32. The van der Waals surface area contributed by atoms with Gasteiger partial charge in [0.05, 0.1) is 0 Å². The summed E-state index contributed by atoms with van der Waals surface area (Å²) in [6.07, 6.45) is 7.11. The summed E-state index contributed by atoms with van der Waals surface area (Å²) in [6.45, 7) is 2.54. The van der Waals surface area contributed by atoms with E-state index in [9.17, 15) is 4.79 Å². The van der Waals surface area contributed by atoms with Gasteiger partial charge in [0.1, 0.15) is 0 Å². The SMILES string of the molecule is O=C(c1ccc2c(c1)c1ccccc1n2Cc1ccncc1)N1CCCCC1. The molecular formula is C24H23N3O. The number of rotatable bonds is 3. The van der Waals surface area contributed by atoms with E-state index in [-0.39, 0.29) is 5.91 Å². The maximum atomic E-state index is 13.0. The topological polar surface area (TPSA) is 38.1 Å². The third-order valence-electron chi connectivity index (χ3n) is 5.75. The minimum atomic E-state index is 0.160. The highest BCUT2D eigenvalue weighted by Gasteiger charge is 2.20. The molecule has 0 saturated carbocycles. The van der Waals surface area contributed by atoms with Crippen molar-refractivity contribution in [2.45, 2.75) is 25.8 Å². The number of likely N-dealkylation sites (tertiary alicyclic amines) is 1. The molecular weight excluding hydrogens is 346 g/mol. The Morgan fingerprint density at radius 3 is 2.43 bits per heavy atom. The standard InChI is InChI=1S/C24H23N3O/c28-24(26-14-4-1-5-15-26)19-8-9-23-21(16-19)20-6-2-3-7-22(20)27(23)17-18-10-12-25-13-11-18/h2-3,6-13,16H,1,4-5,14-15,17H2. The van der Waals surface area contributed by atoms with Crippen molar-refractivity contribution in [1.82, 2.24) is 14.5 Å². The lowest BCUT2D eigenvalue weighted by atomic mass is 10.1. The number of amides is 1. The normalized spacial score (nSPS) is 14.6. The fourth-order valence-corrected chi connectivity index (χ4v) is 4.31. The minimum absolute atomic E-state index is 0.160. The van der Waals surface area contributed by atoms with Crippen LogP contribution in [0.4, 0.5) is 0 Å². The van der Waals surface area contributed by atoms with Gasteiger partial charge in [-0.2, -0.15) is 0 Å². The zero-order valence-electron chi connectivity index (χ0n) is 15.8. The van der Waals surface area contributed by atoms with E-state index in [1.165, 1.54) is 22.9 Å². The third kappa shape index (κ3) is 2.95. The first kappa shape index (κ1) is 17.0. The molecule has 0 radical (unpaired) electrons. The molecule has 2 aromatic heterocycles. The highest BCUT2D eigenvalue weighted by atomic mass is 16.2. The lowest BCUT2D eigenvalue weighted by molar-refractivity contribution is 0.0724. The van der Waals surface area contributed by atoms with E-state index in [1.54, 1.807) is 0 Å². The molecule has 1 saturated heterocycles. The van der Waals surface area contributed by atoms with Crippen molar-refractivity contribution in [3.63, 3.8) is 0 Å². The molecule has 1 aliphatic heterocycles. The molecule has 28 heavy (non-hydrogen) atoms. The smallest absolute Gasteiger partial charge is 0.253 e. The predicted octanol–water partition coefficient (Wildman–Crippen LogP) is 4.86. The second kappa shape index (κ2) is 7.12. The van der Waals surface area contributed by atoms with E-state index in [1.807, 2.05) is 23.4 Å². The van der Waals surface area contributed by atoms with Crippen molar-refractivity contribution in [2.24, 2.45) is 0 Å². The second-order valence-electron chi connectivity index (χ2n) is 7.54. The van der Waals surface area contributed by atoms with Crippen LogP contribution in [-0.4, -0.2) is 33.4 Å². The first-order valence-corrected chi connectivity index (χ1v) is 10.0. The summed E-state index contributed by atoms with van der Waals surface area (Å²) >= 11 is 0. The Morgan fingerprint density at radius 2 is 1.61 bits per heavy atom. The molecule has 0 aliphatic carbocycles. The first-order chi connectivity index (χ1) is 13.8. The van der Waals surface area contributed by atoms with Crippen molar-refractivity contribution in [2.75, 3.05) is 13.1 Å². The van der Waals surface area contributed by atoms with E-state index >= 15 is 0 Å². The number of nitrogens with zero attached hydrogens (tertiary/aromatic N) is 3. The van der Waals surface area contributed by atoms with Crippen LogP contribution in [0.2, 0.25) is 0 Å². The van der Waals surface area contributed by atoms with E-state index in [2.05, 4.69) is 58.1 Å². The molecule has 140 valence electrons. The minimum Gasteiger partial charge on any atom is -0.339 e. The van der Waals surface area contributed by atoms with Gasteiger partial charge in [-0.15, -0.1) is 0 Å². The van der Waals surface area contributed by atoms with Gasteiger partial charge in [-0.25, -0.2) is 0 Å². The van der Waals surface area contributed by atoms with Crippen LogP contribution >= 0.6 is 0 Å². The van der Waals surface area contributed by atoms with Crippen molar-refractivity contribution >= 4 is 27.7 Å². The van der Waals surface area contributed by atoms with Gasteiger partial charge in [0.25, 0.3) is 5.91 Å². The lowest BCUT2D eigenvalue weighted by Gasteiger charge is -2.26. The Morgan fingerprint density at radius 1 is 0.857 bits per heavy atom. The summed E-state index contributed by atoms with van der Waals surface area (Å²) in [7, 11) is 0. The Balaban J connectivity index is 1.61. The number of carbonyl (C=O) groups is 1. The molecule has 5 rings (SSSR count). The van der Waals surface area contributed by atoms with E-state index in [4.69, 9.17) is 0 Å². The van der Waals surface area contributed by atoms with E-state index in [0.717, 1.165) is 48.9 Å². The lowest BCUT2D eigenvalue weighted by Crippen LogP contribution is -2.35. The number of hydrogen-bond donors (Lipinski definition) is 0. The summed E-state index contributed by atoms with van der Waals surface area (Å²) in [4.78, 5) is 19.1. The summed E-state index contributed by atoms with van der Waals surface area (Å²) in [5.41, 5.74) is 4.36. The summed E-state index contributed by atoms with van der Waals surface area (Å²) in [5.74, 6) is 0.160. The van der Waals surface area contributed by atoms with E-state index < -0.39 is 0 Å². The second-order valence-corrected chi connectivity index (χ2v) is 7.54. The molecule has 4 nitrogen and oxygen atoms in total. The maximum Gasteiger partial charge on any atom is 0.253 e. The fourth-order valence-electron chi connectivity index (χ4n) is 4.31. The quantitative estimate of drug-likeness (QED) is 0.517. The molecule has 0 spiro atoms. The molecule has 1 aliphatic rings. The molecule has 1 amide bonds. The molecule has 1 fully saturated rings. The van der Waals surface area contributed by atoms with Gasteiger partial charge in [0, 0.05) is 59.4 Å². The van der Waals surface area contributed by atoms with Crippen LogP contribution in [0.5, 0.6) is 0 Å². The summed E-state index contributed by atoms with van der Waals surface area (Å²) in [6, 6.07) is 18.7. The van der Waals surface area contributed by atoms with Gasteiger partial charge in [-0.1, -0.05) is 18.2 Å². The molecule has 0 bridgehead atoms. The van der Waals surface area contributed by atoms with Crippen LogP contribution < -0.4 is 0 Å². The molecule has 0 unspecified atom stereocenters. The van der Waals surface area contributed by atoms with Gasteiger partial charge in [-0.3, -0.25) is 9.78 Å². The molecule has 4 aromatic rings. The van der Waals surface area contributed by atoms with Crippen LogP contribution in [0.15, 0.2) is 67.0 Å². The van der Waals surface area contributed by atoms with Crippen LogP contribution in [0.1, 0.15) is 35.2 Å². The molecule has 0 N–H and O–H groups in total. The number of para-hydroxylation sites is 1. The number of fused-ring (bicyclic) bond motifs is 3. The van der Waals surface area contributed by atoms with Crippen molar-refractivity contribution in [3.05, 3.63) is 78.1 Å². The van der Waals surface area contributed by atoms with Crippen molar-refractivity contribution in [1.29, 1.82) is 0 Å². The Bertz CT molecular complexity index is 1140. The highest BCUT2D eigenvalue weighted by Crippen LogP contribution is 2.31. The molecule has 3 heterocycles. The number of piperidine rings is 1. The zero-order valence-corrected chi connectivity index (χ0v) is 15.8. The fraction of sp³-hybridized carbons (Fsp3) is 0.250. The van der Waals surface area contributed by atoms with Crippen LogP contribution in [-0.2, 0) is 6.54 Å². The summed E-state index contributed by atoms with van der Waals surface area (Å²) in [5, 5.41) is 2.34. The number of hydrogen-bond acceptors (Lipinski definition) is 2. The molecule has 0 atom stereocenters. The number of carbonyl (C=O) groups excluding carboxylic acids is 1. The largest absolute Gasteiger partial charge is 0.339 e. The zero-order chi connectivity index (χ0) is 18.9. The number of benzene rings is 2. The maximum absolute atomic E-state index is 13.0. The summed E-state index contributed by atoms with van der Waals surface area (Å²) < 4.78 is 2.33. The predicted molar refractivity (Wildman–Crippen MR) is 113 cm³/mol. The average Bonchev–Trinajstić information content (AvgIpc) is 3.08. The van der Waals surface area contributed by atoms with Crippen LogP contribution in [0.3, 0.4) is 0 Å². The first-order valence-electron chi connectivity index (χ1n) is 10.0. The van der Waals surface area contributed by atoms with Gasteiger partial charge >= 0.3 is 0 Å². The van der Waals surface area contributed by atoms with Gasteiger partial charge in [-0.05, 0) is 61.2 Å². The van der Waals surface area contributed by atoms with Crippen molar-refractivity contribution < 1.29 is 4.79 Å². The number of aromatic nitrogens is 2. The third-order valence-corrected chi connectivity index (χ3v) is 5.75. The van der Waals surface area contributed by atoms with Crippen LogP contribution in [0.25, 0.3) is 21.8 Å². The average molecular weight is 369 g/mol. The van der Waals surface area contributed by atoms with Gasteiger partial charge in [0.2, 0.25) is 0 Å².